The lowest BCUT2D eigenvalue weighted by molar-refractivity contribution is 0.190. The van der Waals surface area contributed by atoms with E-state index in [2.05, 4.69) is 47.5 Å². The predicted molar refractivity (Wildman–Crippen MR) is 92.6 cm³/mol. The van der Waals surface area contributed by atoms with Crippen molar-refractivity contribution in [3.05, 3.63) is 35.9 Å². The second-order valence-electron chi connectivity index (χ2n) is 7.12. The molecule has 2 saturated heterocycles. The average Bonchev–Trinajstić information content (AvgIpc) is 2.77. The molecule has 0 unspecified atom stereocenters. The van der Waals surface area contributed by atoms with E-state index in [1.165, 1.54) is 11.8 Å². The molecule has 0 radical (unpaired) electrons. The van der Waals surface area contributed by atoms with Gasteiger partial charge >= 0.3 is 0 Å². The fourth-order valence-electron chi connectivity index (χ4n) is 3.54. The normalized spacial score (nSPS) is 27.2. The Morgan fingerprint density at radius 1 is 1.13 bits per heavy atom. The molecule has 0 bridgehead atoms. The number of sulfonamides is 1. The zero-order chi connectivity index (χ0) is 16.4. The van der Waals surface area contributed by atoms with Crippen molar-refractivity contribution in [1.29, 1.82) is 0 Å². The molecule has 0 aliphatic carbocycles. The zero-order valence-corrected chi connectivity index (χ0v) is 14.8. The lowest BCUT2D eigenvalue weighted by atomic mass is 10.0. The molecule has 1 N–H and O–H groups in total. The van der Waals surface area contributed by atoms with Crippen molar-refractivity contribution >= 4 is 10.0 Å². The molecule has 2 heterocycles. The maximum atomic E-state index is 11.4. The first-order chi connectivity index (χ1) is 10.9. The quantitative estimate of drug-likeness (QED) is 0.841. The molecule has 0 aromatic heterocycles. The second-order valence-corrected chi connectivity index (χ2v) is 9.10. The van der Waals surface area contributed by atoms with Crippen LogP contribution in [0.2, 0.25) is 0 Å². The van der Waals surface area contributed by atoms with Crippen LogP contribution in [0.3, 0.4) is 0 Å². The van der Waals surface area contributed by atoms with Crippen LogP contribution >= 0.6 is 0 Å². The van der Waals surface area contributed by atoms with Crippen LogP contribution < -0.4 is 5.32 Å². The fraction of sp³-hybridized carbons (Fsp3) is 0.647. The van der Waals surface area contributed by atoms with Crippen LogP contribution in [-0.2, 0) is 16.6 Å². The Morgan fingerprint density at radius 3 is 2.48 bits per heavy atom. The highest BCUT2D eigenvalue weighted by molar-refractivity contribution is 7.88. The highest BCUT2D eigenvalue weighted by Gasteiger charge is 2.35. The molecule has 2 aliphatic heterocycles. The van der Waals surface area contributed by atoms with E-state index in [1.54, 1.807) is 4.31 Å². The first-order valence-electron chi connectivity index (χ1n) is 8.36. The molecule has 2 fully saturated rings. The Labute approximate surface area is 139 Å². The number of nitrogens with one attached hydrogen (secondary N) is 1. The Hall–Kier alpha value is -0.950. The Kier molecular flexibility index (Phi) is 5.06. The van der Waals surface area contributed by atoms with E-state index in [0.717, 1.165) is 26.2 Å². The molecule has 0 saturated carbocycles. The van der Waals surface area contributed by atoms with Crippen LogP contribution in [0.25, 0.3) is 0 Å². The Morgan fingerprint density at radius 2 is 1.83 bits per heavy atom. The van der Waals surface area contributed by atoms with Gasteiger partial charge in [0.15, 0.2) is 0 Å². The molecular weight excluding hydrogens is 310 g/mol. The summed E-state index contributed by atoms with van der Waals surface area (Å²) in [6.45, 7) is 7.74. The van der Waals surface area contributed by atoms with E-state index in [4.69, 9.17) is 0 Å². The fourth-order valence-corrected chi connectivity index (χ4v) is 4.51. The first-order valence-corrected chi connectivity index (χ1v) is 10.2. The molecule has 2 atom stereocenters. The van der Waals surface area contributed by atoms with Gasteiger partial charge in [-0.2, -0.15) is 0 Å². The van der Waals surface area contributed by atoms with Gasteiger partial charge in [-0.25, -0.2) is 12.7 Å². The third-order valence-corrected chi connectivity index (χ3v) is 6.23. The lowest BCUT2D eigenvalue weighted by Gasteiger charge is -2.38. The van der Waals surface area contributed by atoms with Crippen LogP contribution in [0, 0.1) is 11.8 Å². The van der Waals surface area contributed by atoms with E-state index < -0.39 is 10.0 Å². The van der Waals surface area contributed by atoms with Gasteiger partial charge in [0.1, 0.15) is 0 Å². The molecule has 2 aliphatic rings. The minimum Gasteiger partial charge on any atom is -0.312 e. The van der Waals surface area contributed by atoms with Crippen molar-refractivity contribution in [3.63, 3.8) is 0 Å². The summed E-state index contributed by atoms with van der Waals surface area (Å²) in [6, 6.07) is 11.1. The van der Waals surface area contributed by atoms with Gasteiger partial charge in [0, 0.05) is 45.3 Å². The number of nitrogens with zero attached hydrogens (tertiary/aromatic N) is 2. The van der Waals surface area contributed by atoms with E-state index in [1.807, 2.05) is 0 Å². The molecule has 0 spiro atoms. The smallest absolute Gasteiger partial charge is 0.211 e. The molecule has 0 amide bonds. The van der Waals surface area contributed by atoms with Gasteiger partial charge in [-0.1, -0.05) is 37.3 Å². The maximum absolute atomic E-state index is 11.4. The monoisotopic (exact) mass is 337 g/mol. The molecule has 23 heavy (non-hydrogen) atoms. The summed E-state index contributed by atoms with van der Waals surface area (Å²) in [5.74, 6) is 1.09. The summed E-state index contributed by atoms with van der Waals surface area (Å²) in [5.41, 5.74) is 1.36. The Bertz CT molecular complexity index is 614. The first kappa shape index (κ1) is 16.9. The number of likely N-dealkylation sites (tertiary alicyclic amines) is 1. The average molecular weight is 337 g/mol. The summed E-state index contributed by atoms with van der Waals surface area (Å²) < 4.78 is 24.3. The Balaban J connectivity index is 1.42. The van der Waals surface area contributed by atoms with Crippen LogP contribution in [0.15, 0.2) is 30.3 Å². The van der Waals surface area contributed by atoms with E-state index in [0.29, 0.717) is 31.0 Å². The summed E-state index contributed by atoms with van der Waals surface area (Å²) in [7, 11) is -2.99. The van der Waals surface area contributed by atoms with Gasteiger partial charge in [0.25, 0.3) is 0 Å². The molecule has 1 aromatic rings. The molecule has 128 valence electrons. The van der Waals surface area contributed by atoms with Crippen molar-refractivity contribution in [1.82, 2.24) is 14.5 Å². The van der Waals surface area contributed by atoms with Crippen LogP contribution in [0.5, 0.6) is 0 Å². The number of benzene rings is 1. The molecule has 1 aromatic carbocycles. The van der Waals surface area contributed by atoms with E-state index in [9.17, 15) is 8.42 Å². The van der Waals surface area contributed by atoms with Gasteiger partial charge < -0.3 is 5.32 Å². The number of rotatable bonds is 6. The van der Waals surface area contributed by atoms with Gasteiger partial charge in [0.2, 0.25) is 10.0 Å². The SMILES string of the molecule is C[C@@H]1CN(Cc2ccccc2)C[C@@H]1NCC1CN(S(C)(=O)=O)C1. The highest BCUT2D eigenvalue weighted by Crippen LogP contribution is 2.21. The van der Waals surface area contributed by atoms with Crippen LogP contribution in [0.1, 0.15) is 12.5 Å². The second kappa shape index (κ2) is 6.89. The molecule has 3 rings (SSSR count). The van der Waals surface area contributed by atoms with Gasteiger partial charge in [-0.15, -0.1) is 0 Å². The van der Waals surface area contributed by atoms with E-state index >= 15 is 0 Å². The molecule has 6 heteroatoms. The summed E-state index contributed by atoms with van der Waals surface area (Å²) in [5, 5.41) is 3.66. The van der Waals surface area contributed by atoms with Gasteiger partial charge in [0.05, 0.1) is 6.26 Å². The third-order valence-electron chi connectivity index (χ3n) is 5.00. The van der Waals surface area contributed by atoms with Gasteiger partial charge in [-0.05, 0) is 17.4 Å². The highest BCUT2D eigenvalue weighted by atomic mass is 32.2. The minimum absolute atomic E-state index is 0.458. The van der Waals surface area contributed by atoms with Crippen LogP contribution in [-0.4, -0.2) is 62.6 Å². The minimum atomic E-state index is -2.99. The summed E-state index contributed by atoms with van der Waals surface area (Å²) in [4.78, 5) is 2.50. The van der Waals surface area contributed by atoms with Crippen molar-refractivity contribution in [2.75, 3.05) is 39.0 Å². The maximum Gasteiger partial charge on any atom is 0.211 e. The molecular formula is C17H27N3O2S. The zero-order valence-electron chi connectivity index (χ0n) is 14.0. The largest absolute Gasteiger partial charge is 0.312 e. The predicted octanol–water partition coefficient (Wildman–Crippen LogP) is 0.988. The van der Waals surface area contributed by atoms with Crippen molar-refractivity contribution in [2.24, 2.45) is 11.8 Å². The third kappa shape index (κ3) is 4.32. The van der Waals surface area contributed by atoms with Crippen molar-refractivity contribution in [3.8, 4) is 0 Å². The van der Waals surface area contributed by atoms with Crippen molar-refractivity contribution < 1.29 is 8.42 Å². The number of hydrogen-bond donors (Lipinski definition) is 1. The van der Waals surface area contributed by atoms with Crippen LogP contribution in [0.4, 0.5) is 0 Å². The van der Waals surface area contributed by atoms with Gasteiger partial charge in [-0.3, -0.25) is 4.90 Å². The van der Waals surface area contributed by atoms with E-state index in [-0.39, 0.29) is 0 Å². The topological polar surface area (TPSA) is 52.6 Å². The summed E-state index contributed by atoms with van der Waals surface area (Å²) >= 11 is 0. The summed E-state index contributed by atoms with van der Waals surface area (Å²) in [6.07, 6.45) is 1.29. The molecule has 5 nitrogen and oxygen atoms in total. The lowest BCUT2D eigenvalue weighted by Crippen LogP contribution is -2.54. The number of hydrogen-bond acceptors (Lipinski definition) is 4. The van der Waals surface area contributed by atoms with Crippen molar-refractivity contribution in [2.45, 2.75) is 19.5 Å². The standard InChI is InChI=1S/C17H27N3O2S/c1-14-9-19(10-15-6-4-3-5-7-15)13-17(14)18-8-16-11-20(12-16)23(2,21)22/h3-7,14,16-18H,8-13H2,1-2H3/t14-,17+/m1/s1.